The zero-order valence-electron chi connectivity index (χ0n) is 24.1. The average Bonchev–Trinajstić information content (AvgIpc) is 3.65. The van der Waals surface area contributed by atoms with Crippen LogP contribution >= 0.6 is 10.6 Å². The van der Waals surface area contributed by atoms with Crippen LogP contribution in [0, 0.1) is 0 Å². The molecule has 0 amide bonds. The van der Waals surface area contributed by atoms with Crippen LogP contribution in [-0.2, 0) is 22.8 Å². The van der Waals surface area contributed by atoms with E-state index in [4.69, 9.17) is 4.98 Å². The predicted octanol–water partition coefficient (Wildman–Crippen LogP) is 7.89. The number of nitrogens with one attached hydrogen (secondary N) is 2. The van der Waals surface area contributed by atoms with Crippen molar-refractivity contribution in [1.82, 2.24) is 19.5 Å². The predicted molar refractivity (Wildman–Crippen MR) is 180 cm³/mol. The molecular weight excluding hydrogens is 607 g/mol. The number of hydrogen-bond acceptors (Lipinski definition) is 6. The lowest BCUT2D eigenvalue weighted by atomic mass is 9.92. The summed E-state index contributed by atoms with van der Waals surface area (Å²) in [6.07, 6.45) is 4.70. The first kappa shape index (κ1) is 28.8. The van der Waals surface area contributed by atoms with Crippen LogP contribution in [0.15, 0.2) is 132 Å². The number of anilines is 1. The van der Waals surface area contributed by atoms with Crippen molar-refractivity contribution < 1.29 is 17.5 Å². The maximum absolute atomic E-state index is 12.8. The van der Waals surface area contributed by atoms with Crippen molar-refractivity contribution in [1.29, 1.82) is 0 Å². The van der Waals surface area contributed by atoms with Crippen LogP contribution in [0.25, 0.3) is 44.2 Å². The summed E-state index contributed by atoms with van der Waals surface area (Å²) in [5.74, 6) is 0.0866. The summed E-state index contributed by atoms with van der Waals surface area (Å²) in [7, 11) is -5.17. The largest absolute Gasteiger partial charge is 0.339 e. The number of rotatable bonds is 8. The maximum atomic E-state index is 12.8. The van der Waals surface area contributed by atoms with Gasteiger partial charge in [-0.15, -0.1) is 0 Å². The lowest BCUT2D eigenvalue weighted by Crippen LogP contribution is -2.13. The average molecular weight is 636 g/mol. The number of aryl methyl sites for hydroxylation is 1. The summed E-state index contributed by atoms with van der Waals surface area (Å²) in [5, 5.41) is 1.77. The fourth-order valence-corrected chi connectivity index (χ4v) is 7.97. The van der Waals surface area contributed by atoms with Crippen molar-refractivity contribution >= 4 is 48.2 Å². The van der Waals surface area contributed by atoms with Crippen LogP contribution in [0.2, 0.25) is 0 Å². The Balaban J connectivity index is 1.32. The summed E-state index contributed by atoms with van der Waals surface area (Å²) in [6, 6.07) is 31.9. The quantitative estimate of drug-likeness (QED) is 0.134. The molecule has 226 valence electrons. The lowest BCUT2D eigenvalue weighted by Gasteiger charge is -2.32. The highest BCUT2D eigenvalue weighted by molar-refractivity contribution is 8.23. The summed E-state index contributed by atoms with van der Waals surface area (Å²) >= 11 is 0. The number of nitrogens with zero attached hydrogens (tertiary/aromatic N) is 3. The fraction of sp³-hybridized carbons (Fsp3) is 0.0588. The molecule has 0 radical (unpaired) electrons. The molecule has 7 aromatic rings. The van der Waals surface area contributed by atoms with Crippen LogP contribution in [0.3, 0.4) is 0 Å². The van der Waals surface area contributed by atoms with Crippen LogP contribution in [0.4, 0.5) is 5.69 Å². The van der Waals surface area contributed by atoms with Gasteiger partial charge in [-0.2, -0.15) is 19.0 Å². The standard InChI is InChI=1S/C34H29N5O4S2/c1-39-20-31(36-22-39)45(42,43)38-26-15-13-24(14-16-26)29-19-35-34-33(32(29)25-8-4-2-5-9-25)28-18-23(12-17-30(28)37-34)21-44(40,41)27-10-6-3-7-11-27/h2-20,22,38,40-41H,21H2,1H3,(H,35,37). The number of H-pyrrole nitrogens is 1. The molecule has 45 heavy (non-hydrogen) atoms. The van der Waals surface area contributed by atoms with Gasteiger partial charge in [-0.05, 0) is 53.1 Å². The molecule has 0 atom stereocenters. The molecule has 3 heterocycles. The Bertz CT molecular complexity index is 2270. The van der Waals surface area contributed by atoms with E-state index in [0.29, 0.717) is 16.2 Å². The highest BCUT2D eigenvalue weighted by Crippen LogP contribution is 2.51. The highest BCUT2D eigenvalue weighted by Gasteiger charge is 2.21. The van der Waals surface area contributed by atoms with Gasteiger partial charge in [0.25, 0.3) is 10.0 Å². The second kappa shape index (κ2) is 11.2. The maximum Gasteiger partial charge on any atom is 0.280 e. The summed E-state index contributed by atoms with van der Waals surface area (Å²) in [6.45, 7) is 0. The Morgan fingerprint density at radius 1 is 0.844 bits per heavy atom. The molecule has 0 unspecified atom stereocenters. The number of benzene rings is 4. The molecule has 0 spiro atoms. The van der Waals surface area contributed by atoms with Crippen molar-refractivity contribution in [2.45, 2.75) is 15.7 Å². The second-order valence-corrected chi connectivity index (χ2v) is 14.5. The Kier molecular flexibility index (Phi) is 7.17. The molecule has 0 aliphatic carbocycles. The number of sulfonamides is 1. The van der Waals surface area contributed by atoms with Gasteiger partial charge in [0.1, 0.15) is 5.65 Å². The van der Waals surface area contributed by atoms with E-state index < -0.39 is 20.6 Å². The number of hydrogen-bond donors (Lipinski definition) is 4. The van der Waals surface area contributed by atoms with E-state index in [9.17, 15) is 17.5 Å². The normalized spacial score (nSPS) is 12.5. The number of fused-ring (bicyclic) bond motifs is 3. The van der Waals surface area contributed by atoms with Gasteiger partial charge in [0.15, 0.2) is 5.03 Å². The Morgan fingerprint density at radius 2 is 1.56 bits per heavy atom. The molecule has 9 nitrogen and oxygen atoms in total. The molecular formula is C34H29N5O4S2. The minimum Gasteiger partial charge on any atom is -0.339 e. The minimum absolute atomic E-state index is 0.0567. The highest BCUT2D eigenvalue weighted by atomic mass is 32.3. The molecule has 3 aromatic heterocycles. The third kappa shape index (κ3) is 5.58. The number of aromatic amines is 1. The van der Waals surface area contributed by atoms with Crippen molar-refractivity contribution in [3.05, 3.63) is 127 Å². The van der Waals surface area contributed by atoms with E-state index in [1.54, 1.807) is 48.0 Å². The molecule has 0 aliphatic rings. The first-order valence-corrected chi connectivity index (χ1v) is 17.3. The molecule has 4 N–H and O–H groups in total. The topological polar surface area (TPSA) is 133 Å². The first-order chi connectivity index (χ1) is 21.7. The molecule has 11 heteroatoms. The van der Waals surface area contributed by atoms with E-state index in [2.05, 4.69) is 14.7 Å². The third-order valence-electron chi connectivity index (χ3n) is 7.64. The number of aromatic nitrogens is 4. The van der Waals surface area contributed by atoms with E-state index in [1.165, 1.54) is 12.5 Å². The molecule has 0 saturated carbocycles. The molecule has 7 rings (SSSR count). The zero-order valence-corrected chi connectivity index (χ0v) is 25.8. The van der Waals surface area contributed by atoms with E-state index in [-0.39, 0.29) is 10.8 Å². The fourth-order valence-electron chi connectivity index (χ4n) is 5.52. The molecule has 0 bridgehead atoms. The Morgan fingerprint density at radius 3 is 2.24 bits per heavy atom. The van der Waals surface area contributed by atoms with Crippen LogP contribution in [0.5, 0.6) is 0 Å². The minimum atomic E-state index is -3.83. The monoisotopic (exact) mass is 635 g/mol. The van der Waals surface area contributed by atoms with Gasteiger partial charge in [-0.3, -0.25) is 13.8 Å². The van der Waals surface area contributed by atoms with Crippen molar-refractivity contribution in [3.63, 3.8) is 0 Å². The summed E-state index contributed by atoms with van der Waals surface area (Å²) in [5.41, 5.74) is 6.46. The Hall–Kier alpha value is -4.94. The van der Waals surface area contributed by atoms with Crippen LogP contribution in [0.1, 0.15) is 5.56 Å². The Labute approximate surface area is 261 Å². The third-order valence-corrected chi connectivity index (χ3v) is 10.7. The van der Waals surface area contributed by atoms with Gasteiger partial charge in [-0.1, -0.05) is 66.7 Å². The molecule has 0 aliphatic heterocycles. The lowest BCUT2D eigenvalue weighted by molar-refractivity contribution is 0.486. The van der Waals surface area contributed by atoms with Gasteiger partial charge >= 0.3 is 0 Å². The number of imidazole rings is 1. The van der Waals surface area contributed by atoms with Crippen LogP contribution < -0.4 is 4.72 Å². The van der Waals surface area contributed by atoms with E-state index in [1.807, 2.05) is 72.9 Å². The van der Waals surface area contributed by atoms with Crippen molar-refractivity contribution in [2.75, 3.05) is 4.72 Å². The number of pyridine rings is 1. The van der Waals surface area contributed by atoms with Gasteiger partial charge < -0.3 is 9.55 Å². The SMILES string of the molecule is Cn1cnc(S(=O)(=O)Nc2ccc(-c3cnc4[nH]c5ccc(CS(O)(O)c6ccccc6)cc5c4c3-c3ccccc3)cc2)c1. The van der Waals surface area contributed by atoms with Gasteiger partial charge in [0.2, 0.25) is 0 Å². The van der Waals surface area contributed by atoms with Crippen molar-refractivity contribution in [2.24, 2.45) is 7.05 Å². The molecule has 0 fully saturated rings. The van der Waals surface area contributed by atoms with Gasteiger partial charge in [-0.25, -0.2) is 9.97 Å². The zero-order chi connectivity index (χ0) is 31.2. The van der Waals surface area contributed by atoms with E-state index >= 15 is 0 Å². The summed E-state index contributed by atoms with van der Waals surface area (Å²) < 4.78 is 51.9. The molecule has 4 aromatic carbocycles. The van der Waals surface area contributed by atoms with Crippen LogP contribution in [-0.4, -0.2) is 37.0 Å². The first-order valence-electron chi connectivity index (χ1n) is 14.1. The second-order valence-electron chi connectivity index (χ2n) is 10.8. The summed E-state index contributed by atoms with van der Waals surface area (Å²) in [4.78, 5) is 12.7. The molecule has 0 saturated heterocycles. The van der Waals surface area contributed by atoms with E-state index in [0.717, 1.165) is 44.1 Å². The van der Waals surface area contributed by atoms with Gasteiger partial charge in [0, 0.05) is 52.5 Å². The van der Waals surface area contributed by atoms with Crippen molar-refractivity contribution in [3.8, 4) is 22.3 Å². The smallest absolute Gasteiger partial charge is 0.280 e. The van der Waals surface area contributed by atoms with Gasteiger partial charge in [0.05, 0.1) is 17.0 Å².